The minimum absolute atomic E-state index is 0.121. The third-order valence-corrected chi connectivity index (χ3v) is 5.86. The summed E-state index contributed by atoms with van der Waals surface area (Å²) in [5.74, 6) is -0.457. The van der Waals surface area contributed by atoms with Crippen LogP contribution in [0.2, 0.25) is 0 Å². The van der Waals surface area contributed by atoms with Crippen molar-refractivity contribution in [2.45, 2.75) is 38.1 Å². The lowest BCUT2D eigenvalue weighted by Gasteiger charge is -2.49. The van der Waals surface area contributed by atoms with Gasteiger partial charge in [0, 0.05) is 31.4 Å². The van der Waals surface area contributed by atoms with E-state index in [1.807, 2.05) is 6.08 Å². The number of allylic oxidation sites excluding steroid dienone is 1. The van der Waals surface area contributed by atoms with E-state index in [0.717, 1.165) is 37.2 Å². The first-order valence-electron chi connectivity index (χ1n) is 8.64. The zero-order chi connectivity index (χ0) is 16.7. The van der Waals surface area contributed by atoms with Gasteiger partial charge in [-0.05, 0) is 37.2 Å². The minimum Gasteiger partial charge on any atom is -0.370 e. The average molecular weight is 323 g/mol. The van der Waals surface area contributed by atoms with Gasteiger partial charge in [0.15, 0.2) is 0 Å². The largest absolute Gasteiger partial charge is 0.370 e. The van der Waals surface area contributed by atoms with Crippen LogP contribution in [0.4, 0.5) is 0 Å². The zero-order valence-electron chi connectivity index (χ0n) is 13.7. The van der Waals surface area contributed by atoms with Gasteiger partial charge in [-0.2, -0.15) is 5.26 Å². The topological polar surface area (TPSA) is 94.8 Å². The molecule has 1 atom stereocenters. The monoisotopic (exact) mass is 323 g/mol. The van der Waals surface area contributed by atoms with Crippen molar-refractivity contribution < 1.29 is 4.79 Å². The van der Waals surface area contributed by atoms with Gasteiger partial charge in [-0.3, -0.25) is 9.79 Å². The highest BCUT2D eigenvalue weighted by Crippen LogP contribution is 2.49. The average Bonchev–Trinajstić information content (AvgIpc) is 2.59. The van der Waals surface area contributed by atoms with Crippen molar-refractivity contribution in [2.75, 3.05) is 19.6 Å². The number of amides is 1. The number of rotatable bonds is 2. The van der Waals surface area contributed by atoms with Crippen LogP contribution in [-0.4, -0.2) is 48.4 Å². The highest BCUT2D eigenvalue weighted by Gasteiger charge is 2.41. The van der Waals surface area contributed by atoms with Gasteiger partial charge in [0.25, 0.3) is 5.91 Å². The van der Waals surface area contributed by atoms with E-state index < -0.39 is 5.91 Å². The fraction of sp³-hybridized carbons (Fsp3) is 0.556. The summed E-state index contributed by atoms with van der Waals surface area (Å²) in [5.41, 5.74) is 8.56. The molecule has 0 aromatic rings. The summed E-state index contributed by atoms with van der Waals surface area (Å²) in [6, 6.07) is 1.96. The van der Waals surface area contributed by atoms with Crippen molar-refractivity contribution in [3.8, 4) is 6.07 Å². The van der Waals surface area contributed by atoms with Crippen LogP contribution in [0, 0.1) is 16.7 Å². The number of dihydropyridines is 2. The van der Waals surface area contributed by atoms with Crippen LogP contribution >= 0.6 is 0 Å². The van der Waals surface area contributed by atoms with Crippen LogP contribution < -0.4 is 5.73 Å². The van der Waals surface area contributed by atoms with E-state index in [4.69, 9.17) is 5.73 Å². The standard InChI is InChI=1S/C18H21N5O/c19-9-12-8-13-15(11-21-12)22-17(24)14(10-20)16(13)23-6-4-18(5-7-23)2-1-3-18/h8,11-12H,1-7,9,19H2. The molecule has 24 heavy (non-hydrogen) atoms. The Balaban J connectivity index is 1.69. The van der Waals surface area contributed by atoms with Crippen LogP contribution in [0.15, 0.2) is 32.9 Å². The normalized spacial score (nSPS) is 28.1. The Morgan fingerprint density at radius 1 is 1.33 bits per heavy atom. The molecule has 1 saturated heterocycles. The minimum atomic E-state index is -0.457. The van der Waals surface area contributed by atoms with E-state index in [1.54, 1.807) is 6.21 Å². The molecule has 4 aliphatic rings. The number of nitrogens with zero attached hydrogens (tertiary/aromatic N) is 4. The third-order valence-electron chi connectivity index (χ3n) is 5.86. The molecule has 1 amide bonds. The van der Waals surface area contributed by atoms with E-state index in [0.29, 0.717) is 17.7 Å². The van der Waals surface area contributed by atoms with Crippen molar-refractivity contribution in [1.82, 2.24) is 4.90 Å². The number of nitrogens with two attached hydrogens (primary N) is 1. The molecule has 0 aromatic heterocycles. The Morgan fingerprint density at radius 3 is 2.67 bits per heavy atom. The van der Waals surface area contributed by atoms with Crippen LogP contribution in [0.5, 0.6) is 0 Å². The number of fused-ring (bicyclic) bond motifs is 1. The molecular formula is C18H21N5O. The maximum absolute atomic E-state index is 12.3. The molecule has 1 saturated carbocycles. The van der Waals surface area contributed by atoms with Crippen molar-refractivity contribution >= 4 is 17.8 Å². The second-order valence-corrected chi connectivity index (χ2v) is 7.14. The van der Waals surface area contributed by atoms with E-state index >= 15 is 0 Å². The van der Waals surface area contributed by atoms with Gasteiger partial charge >= 0.3 is 0 Å². The lowest BCUT2D eigenvalue weighted by atomic mass is 9.63. The predicted octanol–water partition coefficient (Wildman–Crippen LogP) is 1.35. The van der Waals surface area contributed by atoms with Crippen molar-refractivity contribution in [1.29, 1.82) is 5.26 Å². The molecule has 0 radical (unpaired) electrons. The molecule has 2 N–H and O–H groups in total. The van der Waals surface area contributed by atoms with Gasteiger partial charge in [-0.1, -0.05) is 6.42 Å². The molecular weight excluding hydrogens is 302 g/mol. The maximum atomic E-state index is 12.3. The summed E-state index contributed by atoms with van der Waals surface area (Å²) in [4.78, 5) is 22.8. The van der Waals surface area contributed by atoms with E-state index in [9.17, 15) is 10.1 Å². The summed E-state index contributed by atoms with van der Waals surface area (Å²) in [7, 11) is 0. The van der Waals surface area contributed by atoms with Gasteiger partial charge in [-0.15, -0.1) is 0 Å². The van der Waals surface area contributed by atoms with Crippen molar-refractivity contribution in [2.24, 2.45) is 21.1 Å². The van der Waals surface area contributed by atoms with E-state index in [-0.39, 0.29) is 11.6 Å². The number of hydrogen-bond donors (Lipinski definition) is 1. The molecule has 1 spiro atoms. The lowest BCUT2D eigenvalue weighted by Crippen LogP contribution is -2.45. The Bertz CT molecular complexity index is 738. The van der Waals surface area contributed by atoms with E-state index in [1.165, 1.54) is 19.3 Å². The summed E-state index contributed by atoms with van der Waals surface area (Å²) in [6.07, 6.45) is 9.82. The quantitative estimate of drug-likeness (QED) is 0.830. The Labute approximate surface area is 141 Å². The first kappa shape index (κ1) is 15.3. The molecule has 124 valence electrons. The fourth-order valence-corrected chi connectivity index (χ4v) is 4.19. The first-order chi connectivity index (χ1) is 11.7. The fourth-order valence-electron chi connectivity index (χ4n) is 4.19. The van der Waals surface area contributed by atoms with Crippen molar-refractivity contribution in [3.05, 3.63) is 22.9 Å². The third kappa shape index (κ3) is 2.31. The van der Waals surface area contributed by atoms with Crippen LogP contribution in [0.1, 0.15) is 32.1 Å². The summed E-state index contributed by atoms with van der Waals surface area (Å²) >= 11 is 0. The molecule has 1 unspecified atom stereocenters. The van der Waals surface area contributed by atoms with Gasteiger partial charge in [0.05, 0.1) is 17.5 Å². The number of hydrogen-bond acceptors (Lipinski definition) is 5. The molecule has 0 bridgehead atoms. The number of carbonyl (C=O) groups is 1. The van der Waals surface area contributed by atoms with Gasteiger partial charge < -0.3 is 10.6 Å². The summed E-state index contributed by atoms with van der Waals surface area (Å²) in [5, 5.41) is 9.53. The van der Waals surface area contributed by atoms with Gasteiger partial charge in [0.2, 0.25) is 0 Å². The molecule has 3 aliphatic heterocycles. The SMILES string of the molecule is N#CC1=C(N2CCC3(CCC3)CC2)C2=CC(CN)N=CC2=NC1=O. The first-order valence-corrected chi connectivity index (χ1v) is 8.64. The van der Waals surface area contributed by atoms with Crippen LogP contribution in [0.3, 0.4) is 0 Å². The Morgan fingerprint density at radius 2 is 2.08 bits per heavy atom. The highest BCUT2D eigenvalue weighted by atomic mass is 16.1. The number of likely N-dealkylation sites (tertiary alicyclic amines) is 1. The number of carbonyl (C=O) groups excluding carboxylic acids is 1. The van der Waals surface area contributed by atoms with E-state index in [2.05, 4.69) is 21.0 Å². The molecule has 2 fully saturated rings. The Hall–Kier alpha value is -2.26. The number of nitriles is 1. The predicted molar refractivity (Wildman–Crippen MR) is 91.6 cm³/mol. The molecule has 6 nitrogen and oxygen atoms in total. The molecule has 3 heterocycles. The summed E-state index contributed by atoms with van der Waals surface area (Å²) < 4.78 is 0. The molecule has 1 aliphatic carbocycles. The molecule has 0 aromatic carbocycles. The molecule has 4 rings (SSSR count). The smallest absolute Gasteiger partial charge is 0.290 e. The van der Waals surface area contributed by atoms with Gasteiger partial charge in [-0.25, -0.2) is 4.99 Å². The number of piperidine rings is 1. The number of aliphatic imine (C=N–C) groups is 2. The molecule has 6 heteroatoms. The highest BCUT2D eigenvalue weighted by molar-refractivity contribution is 6.43. The summed E-state index contributed by atoms with van der Waals surface area (Å²) in [6.45, 7) is 2.19. The lowest BCUT2D eigenvalue weighted by molar-refractivity contribution is -0.114. The van der Waals surface area contributed by atoms with Gasteiger partial charge in [0.1, 0.15) is 11.6 Å². The second kappa shape index (κ2) is 5.67. The maximum Gasteiger partial charge on any atom is 0.290 e. The Kier molecular flexibility index (Phi) is 3.61. The second-order valence-electron chi connectivity index (χ2n) is 7.14. The van der Waals surface area contributed by atoms with Crippen LogP contribution in [-0.2, 0) is 4.79 Å². The van der Waals surface area contributed by atoms with Crippen LogP contribution in [0.25, 0.3) is 0 Å². The zero-order valence-corrected chi connectivity index (χ0v) is 13.7. The van der Waals surface area contributed by atoms with Crippen molar-refractivity contribution in [3.63, 3.8) is 0 Å².